The zero-order valence-electron chi connectivity index (χ0n) is 62.2. The van der Waals surface area contributed by atoms with Crippen molar-refractivity contribution in [2.75, 3.05) is 0 Å². The molecule has 0 heterocycles. The smallest absolute Gasteiger partial charge is 0.113 e. The van der Waals surface area contributed by atoms with Crippen molar-refractivity contribution in [1.29, 1.82) is 0 Å². The molecule has 0 amide bonds. The van der Waals surface area contributed by atoms with E-state index >= 15 is 0 Å². The van der Waals surface area contributed by atoms with E-state index in [0.29, 0.717) is 105 Å². The summed E-state index contributed by atoms with van der Waals surface area (Å²) in [5, 5.41) is 5.84. The molecule has 0 aromatic heterocycles. The minimum absolute atomic E-state index is 0.149. The monoisotopic (exact) mass is 1300 g/mol. The molecule has 0 N–H and O–H groups in total. The average molecular weight is 1300 g/mol. The fourth-order valence-corrected chi connectivity index (χ4v) is 16.0. The van der Waals surface area contributed by atoms with Crippen molar-refractivity contribution in [3.8, 4) is 202 Å². The zero-order valence-corrected chi connectivity index (χ0v) is 62.2. The van der Waals surface area contributed by atoms with Crippen molar-refractivity contribution in [2.24, 2.45) is 0 Å². The van der Waals surface area contributed by atoms with Gasteiger partial charge in [-0.2, -0.15) is 0 Å². The molecule has 0 nitrogen and oxygen atoms in total. The molecule has 0 spiro atoms. The maximum absolute atomic E-state index is 7.72. The van der Waals surface area contributed by atoms with Crippen molar-refractivity contribution in [1.82, 2.24) is 0 Å². The number of hydrogen-bond acceptors (Lipinski definition) is 0. The molecule has 0 saturated heterocycles. The molecule has 107 heavy (non-hydrogen) atoms. The van der Waals surface area contributed by atoms with Crippen LogP contribution in [0.15, 0.2) is 17.6 Å². The predicted octanol–water partition coefficient (Wildman–Crippen LogP) is 1.57. The molecule has 33 radical (unpaired) electrons. The second-order valence-electron chi connectivity index (χ2n) is 26.2. The van der Waals surface area contributed by atoms with E-state index in [0.717, 1.165) is 77.2 Å². The first-order valence-electron chi connectivity index (χ1n) is 34.1. The van der Waals surface area contributed by atoms with Gasteiger partial charge in [0.25, 0.3) is 0 Å². The third kappa shape index (κ3) is 15.3. The lowest BCUT2D eigenvalue weighted by atomic mass is 8.66. The number of rotatable bonds is 14. The van der Waals surface area contributed by atoms with Crippen LogP contribution in [0.3, 0.4) is 0 Å². The van der Waals surface area contributed by atoms with Crippen LogP contribution in [-0.4, -0.2) is 195 Å². The largest absolute Gasteiger partial charge is 0.132 e. The normalized spacial score (nSPS) is 11.6. The summed E-state index contributed by atoms with van der Waals surface area (Å²) < 4.78 is 0. The molecule has 1 aliphatic rings. The van der Waals surface area contributed by atoms with Gasteiger partial charge in [0.1, 0.15) is 7.85 Å². The Morgan fingerprint density at radius 2 is 0.869 bits per heavy atom. The fraction of sp³-hybridized carbons (Fsp3) is 0.175. The second kappa shape index (κ2) is 35.9. The maximum Gasteiger partial charge on any atom is 0.113 e. The highest BCUT2D eigenvalue weighted by Crippen LogP contribution is 2.56. The molecule has 2 atom stereocenters. The van der Waals surface area contributed by atoms with Crippen molar-refractivity contribution in [3.05, 3.63) is 112 Å². The number of allylic oxidation sites excluding steroid dienone is 1. The second-order valence-corrected chi connectivity index (χ2v) is 26.2. The SMILES string of the molecule is [B][B]B([B])B(B([B])[B])C1=C(B(B([B])[B])B([B])[B])C(B([B][B])B([B])[B])C(C)c2c1c([B])c([B][B])c(B([B])[B])c2-c1c(C)c(C)c(C)c2c(C)c3c(-c4c(C#CC#CC#CC#CC#C)c5c(C)c(C#C)c(C#CC)c(C#CC#C)c5c5c(C#CC#CC)ccc(C#CC#CC#CC#C)c45)c(C)c(C)c(C)c3c(C)c12. The molecular formula is C80H44B27. The molecule has 0 bridgehead atoms. The summed E-state index contributed by atoms with van der Waals surface area (Å²) in [5.74, 6) is 74.1. The van der Waals surface area contributed by atoms with Gasteiger partial charge in [-0.3, -0.25) is 0 Å². The van der Waals surface area contributed by atoms with Crippen LogP contribution >= 0.6 is 0 Å². The lowest BCUT2D eigenvalue weighted by molar-refractivity contribution is 0.757. The minimum atomic E-state index is -1.25. The van der Waals surface area contributed by atoms with Crippen molar-refractivity contribution < 1.29 is 0 Å². The third-order valence-corrected chi connectivity index (χ3v) is 20.6. The van der Waals surface area contributed by atoms with Crippen LogP contribution in [0.1, 0.15) is 121 Å². The van der Waals surface area contributed by atoms with Gasteiger partial charge in [0.15, 0.2) is 0 Å². The third-order valence-electron chi connectivity index (χ3n) is 20.6. The van der Waals surface area contributed by atoms with E-state index < -0.39 is 69.6 Å². The van der Waals surface area contributed by atoms with Crippen LogP contribution in [0, 0.1) is 242 Å². The highest BCUT2D eigenvalue weighted by atomic mass is 14.4. The van der Waals surface area contributed by atoms with Gasteiger partial charge in [-0.05, 0) is 300 Å². The Morgan fingerprint density at radius 1 is 0.393 bits per heavy atom. The molecule has 0 aliphatic heterocycles. The fourth-order valence-electron chi connectivity index (χ4n) is 16.0. The molecule has 2 unspecified atom stereocenters. The van der Waals surface area contributed by atoms with E-state index in [1.165, 1.54) is 21.3 Å². The number of fused-ring (bicyclic) bond motifs is 6. The van der Waals surface area contributed by atoms with Gasteiger partial charge in [-0.15, -0.1) is 48.0 Å². The lowest BCUT2D eigenvalue weighted by Crippen LogP contribution is -2.63. The van der Waals surface area contributed by atoms with E-state index in [9.17, 15) is 0 Å². The van der Waals surface area contributed by atoms with Crippen LogP contribution in [-0.2, 0) is 0 Å². The predicted molar refractivity (Wildman–Crippen MR) is 490 cm³/mol. The first kappa shape index (κ1) is 83.1. The Morgan fingerprint density at radius 3 is 1.32 bits per heavy atom. The Hall–Kier alpha value is -9.53. The van der Waals surface area contributed by atoms with Gasteiger partial charge in [0, 0.05) is 204 Å². The molecule has 27 heteroatoms. The molecule has 8 rings (SSSR count). The van der Waals surface area contributed by atoms with Gasteiger partial charge in [0.2, 0.25) is 0 Å². The summed E-state index contributed by atoms with van der Waals surface area (Å²) in [6.07, 6.45) is 17.8. The van der Waals surface area contributed by atoms with E-state index in [1.807, 2.05) is 26.0 Å². The van der Waals surface area contributed by atoms with Crippen LogP contribution in [0.5, 0.6) is 0 Å². The summed E-state index contributed by atoms with van der Waals surface area (Å²) in [7, 11) is 109. The lowest BCUT2D eigenvalue weighted by Gasteiger charge is -2.50. The van der Waals surface area contributed by atoms with Gasteiger partial charge in [-0.25, -0.2) is 0 Å². The molecule has 0 saturated carbocycles. The number of benzene rings is 7. The standard InChI is InChI=1S/C80H44B27/c1-17-23-27-29-31-32-34-37-42-60-63-51(13)57(22-6)58(38-21-5)59(41-26-20-4)71(63)69-55(39-35-25-19-3)43-44-56(40-36-33-30-28-24-18-2)70(69)72(60)64-49(11)45(7)47(9)61-53(15)67-62(52(14)66(61)64)48(10)46(8)50(12)65(67)73-68-54(16)77(100(97-83)103(87)88)80(101(104(89)90)105(91)92)79(102(106(93)94)107(95)98-84)74(68)75(81)76(96-82)78(73)99(85)86/h1-2,4,6,43-44,54,77H,3,5,7-16H3. The number of hydrogen-bond donors (Lipinski definition) is 0. The highest BCUT2D eigenvalue weighted by molar-refractivity contribution is 7.89. The van der Waals surface area contributed by atoms with Gasteiger partial charge >= 0.3 is 0 Å². The molecule has 7 aromatic carbocycles. The van der Waals surface area contributed by atoms with E-state index in [-0.39, 0.29) is 5.46 Å². The van der Waals surface area contributed by atoms with E-state index in [1.54, 1.807) is 13.8 Å². The van der Waals surface area contributed by atoms with E-state index in [2.05, 4.69) is 209 Å². The first-order valence-corrected chi connectivity index (χ1v) is 34.1. The topological polar surface area (TPSA) is 0 Å². The molecule has 0 fully saturated rings. The quantitative estimate of drug-likeness (QED) is 0.0673. The van der Waals surface area contributed by atoms with Gasteiger partial charge < -0.3 is 0 Å². The molecule has 1 aliphatic carbocycles. The zero-order chi connectivity index (χ0) is 78.9. The first-order chi connectivity index (χ1) is 51.1. The molecular weight excluding hydrogens is 1250 g/mol. The number of terminal acetylenes is 4. The molecule has 7 aromatic rings. The van der Waals surface area contributed by atoms with Crippen molar-refractivity contribution in [2.45, 2.75) is 94.8 Å². The van der Waals surface area contributed by atoms with Crippen LogP contribution in [0.2, 0.25) is 5.82 Å². The summed E-state index contributed by atoms with van der Waals surface area (Å²) >= 11 is 0. The average Bonchev–Trinajstić information content (AvgIpc) is 0.689. The van der Waals surface area contributed by atoms with Crippen LogP contribution in [0.25, 0.3) is 70.8 Å². The summed E-state index contributed by atoms with van der Waals surface area (Å²) in [6, 6.07) is 3.79. The van der Waals surface area contributed by atoms with Crippen LogP contribution < -0.4 is 16.4 Å². The summed E-state index contributed by atoms with van der Waals surface area (Å²) in [4.78, 5) is 0. The van der Waals surface area contributed by atoms with E-state index in [4.69, 9.17) is 142 Å². The Kier molecular flexibility index (Phi) is 27.9. The Labute approximate surface area is 664 Å². The summed E-state index contributed by atoms with van der Waals surface area (Å²) in [5.41, 5.74) is 16.2. The molecule has 445 valence electrons. The Balaban J connectivity index is 1.86. The maximum atomic E-state index is 7.72. The summed E-state index contributed by atoms with van der Waals surface area (Å²) in [6.45, 7) is 20.0. The van der Waals surface area contributed by atoms with Crippen molar-refractivity contribution in [3.63, 3.8) is 0 Å². The van der Waals surface area contributed by atoms with Gasteiger partial charge in [-0.1, -0.05) is 65.1 Å². The number of aryl methyl sites for hydroxylation is 5. The van der Waals surface area contributed by atoms with Crippen molar-refractivity contribution >= 4 is 260 Å². The minimum Gasteiger partial charge on any atom is -0.132 e. The van der Waals surface area contributed by atoms with Crippen LogP contribution in [0.4, 0.5) is 0 Å². The highest BCUT2D eigenvalue weighted by Gasteiger charge is 2.48. The van der Waals surface area contributed by atoms with Gasteiger partial charge in [0.05, 0.1) is 44.3 Å². The Bertz CT molecular complexity index is 6000.